The Morgan fingerprint density at radius 1 is 1.32 bits per heavy atom. The fraction of sp³-hybridized carbons (Fsp3) is 0.562. The summed E-state index contributed by atoms with van der Waals surface area (Å²) in [4.78, 5) is 14.8. The van der Waals surface area contributed by atoms with Crippen LogP contribution in [0.4, 0.5) is 5.69 Å². The first-order valence-corrected chi connectivity index (χ1v) is 9.57. The summed E-state index contributed by atoms with van der Waals surface area (Å²) in [6, 6.07) is 4.11. The molecule has 1 unspecified atom stereocenters. The molecule has 1 saturated heterocycles. The molecular formula is C16H26N4O4S. The van der Waals surface area contributed by atoms with Gasteiger partial charge >= 0.3 is 0 Å². The van der Waals surface area contributed by atoms with Crippen molar-refractivity contribution >= 4 is 21.6 Å². The minimum atomic E-state index is -3.59. The highest BCUT2D eigenvalue weighted by atomic mass is 32.2. The molecule has 0 bridgehead atoms. The second kappa shape index (κ2) is 8.13. The van der Waals surface area contributed by atoms with Crippen molar-refractivity contribution in [2.24, 2.45) is 0 Å². The molecule has 1 atom stereocenters. The normalized spacial score (nSPS) is 17.3. The Kier molecular flexibility index (Phi) is 6.39. The van der Waals surface area contributed by atoms with Crippen LogP contribution in [0.25, 0.3) is 0 Å². The van der Waals surface area contributed by atoms with E-state index in [9.17, 15) is 13.2 Å². The summed E-state index contributed by atoms with van der Waals surface area (Å²) in [6.45, 7) is 5.12. The van der Waals surface area contributed by atoms with Crippen molar-refractivity contribution in [2.45, 2.75) is 17.9 Å². The summed E-state index contributed by atoms with van der Waals surface area (Å²) in [5, 5.41) is 6.05. The highest BCUT2D eigenvalue weighted by Gasteiger charge is 2.25. The molecule has 0 aromatic heterocycles. The minimum Gasteiger partial charge on any atom is -0.495 e. The lowest BCUT2D eigenvalue weighted by molar-refractivity contribution is -0.121. The summed E-state index contributed by atoms with van der Waals surface area (Å²) in [7, 11) is 0.809. The smallest absolute Gasteiger partial charge is 0.242 e. The fourth-order valence-electron chi connectivity index (χ4n) is 2.63. The number of carbonyl (C=O) groups excluding carboxylic acids is 1. The lowest BCUT2D eigenvalue weighted by Gasteiger charge is -2.32. The van der Waals surface area contributed by atoms with Crippen LogP contribution in [-0.4, -0.2) is 77.0 Å². The summed E-state index contributed by atoms with van der Waals surface area (Å²) in [6.07, 6.45) is 0. The average Bonchev–Trinajstić information content (AvgIpc) is 2.61. The summed E-state index contributed by atoms with van der Waals surface area (Å²) >= 11 is 0. The van der Waals surface area contributed by atoms with Gasteiger partial charge in [0.05, 0.1) is 23.7 Å². The van der Waals surface area contributed by atoms with E-state index in [1.165, 1.54) is 33.3 Å². The number of carbonyl (C=O) groups is 1. The molecule has 0 saturated carbocycles. The van der Waals surface area contributed by atoms with Crippen LogP contribution in [0.3, 0.4) is 0 Å². The Labute approximate surface area is 149 Å². The molecule has 1 aliphatic rings. The van der Waals surface area contributed by atoms with E-state index in [4.69, 9.17) is 4.74 Å². The summed E-state index contributed by atoms with van der Waals surface area (Å²) in [5.41, 5.74) is 0.345. The van der Waals surface area contributed by atoms with Crippen LogP contribution in [0, 0.1) is 0 Å². The van der Waals surface area contributed by atoms with Crippen molar-refractivity contribution < 1.29 is 17.9 Å². The second-order valence-corrected chi connectivity index (χ2v) is 8.25. The molecule has 0 aliphatic carbocycles. The number of anilines is 1. The van der Waals surface area contributed by atoms with E-state index in [0.717, 1.165) is 30.5 Å². The number of methoxy groups -OCH3 is 1. The van der Waals surface area contributed by atoms with Gasteiger partial charge in [-0.25, -0.2) is 12.7 Å². The fourth-order valence-corrected chi connectivity index (χ4v) is 3.56. The Balaban J connectivity index is 2.23. The number of amides is 1. The van der Waals surface area contributed by atoms with Crippen LogP contribution in [0.1, 0.15) is 6.92 Å². The van der Waals surface area contributed by atoms with E-state index >= 15 is 0 Å². The van der Waals surface area contributed by atoms with E-state index in [2.05, 4.69) is 15.5 Å². The van der Waals surface area contributed by atoms with E-state index in [1.807, 2.05) is 6.92 Å². The SMILES string of the molecule is COc1ccc(S(=O)(=O)N(C)C)cc1NC(=O)C(C)N1CCNCC1. The number of benzene rings is 1. The van der Waals surface area contributed by atoms with Gasteiger partial charge in [0.2, 0.25) is 15.9 Å². The Morgan fingerprint density at radius 3 is 2.52 bits per heavy atom. The zero-order valence-corrected chi connectivity index (χ0v) is 15.9. The number of sulfonamides is 1. The van der Waals surface area contributed by atoms with Gasteiger partial charge in [-0.1, -0.05) is 0 Å². The van der Waals surface area contributed by atoms with Gasteiger partial charge in [0.25, 0.3) is 0 Å². The predicted molar refractivity (Wildman–Crippen MR) is 96.4 cm³/mol. The molecule has 140 valence electrons. The van der Waals surface area contributed by atoms with Crippen LogP contribution < -0.4 is 15.4 Å². The van der Waals surface area contributed by atoms with Gasteiger partial charge in [-0.2, -0.15) is 0 Å². The summed E-state index contributed by atoms with van der Waals surface area (Å²) < 4.78 is 31.0. The Morgan fingerprint density at radius 2 is 1.96 bits per heavy atom. The topological polar surface area (TPSA) is 91.0 Å². The quantitative estimate of drug-likeness (QED) is 0.742. The third kappa shape index (κ3) is 4.49. The van der Waals surface area contributed by atoms with Crippen LogP contribution in [0.5, 0.6) is 5.75 Å². The average molecular weight is 370 g/mol. The zero-order chi connectivity index (χ0) is 18.6. The molecule has 0 radical (unpaired) electrons. The van der Waals surface area contributed by atoms with Gasteiger partial charge in [0.15, 0.2) is 0 Å². The van der Waals surface area contributed by atoms with Gasteiger partial charge in [0.1, 0.15) is 5.75 Å². The first-order valence-electron chi connectivity index (χ1n) is 8.13. The maximum Gasteiger partial charge on any atom is 0.242 e. The number of hydrogen-bond donors (Lipinski definition) is 2. The number of nitrogens with one attached hydrogen (secondary N) is 2. The lowest BCUT2D eigenvalue weighted by atomic mass is 10.2. The van der Waals surface area contributed by atoms with E-state index in [1.54, 1.807) is 6.07 Å². The second-order valence-electron chi connectivity index (χ2n) is 6.10. The van der Waals surface area contributed by atoms with Crippen LogP contribution >= 0.6 is 0 Å². The molecule has 9 heteroatoms. The first kappa shape index (κ1) is 19.6. The van der Waals surface area contributed by atoms with Gasteiger partial charge in [-0.05, 0) is 25.1 Å². The lowest BCUT2D eigenvalue weighted by Crippen LogP contribution is -2.51. The first-order chi connectivity index (χ1) is 11.8. The third-order valence-electron chi connectivity index (χ3n) is 4.29. The number of nitrogens with zero attached hydrogens (tertiary/aromatic N) is 2. The van der Waals surface area contributed by atoms with Crippen molar-refractivity contribution in [2.75, 3.05) is 52.7 Å². The van der Waals surface area contributed by atoms with Crippen molar-refractivity contribution in [3.8, 4) is 5.75 Å². The molecule has 1 fully saturated rings. The van der Waals surface area contributed by atoms with Crippen LogP contribution in [-0.2, 0) is 14.8 Å². The molecule has 0 spiro atoms. The minimum absolute atomic E-state index is 0.100. The molecular weight excluding hydrogens is 344 g/mol. The van der Waals surface area contributed by atoms with Gasteiger partial charge < -0.3 is 15.4 Å². The summed E-state index contributed by atoms with van der Waals surface area (Å²) in [5.74, 6) is 0.221. The molecule has 8 nitrogen and oxygen atoms in total. The van der Waals surface area contributed by atoms with Gasteiger partial charge in [-0.15, -0.1) is 0 Å². The van der Waals surface area contributed by atoms with Gasteiger partial charge in [-0.3, -0.25) is 9.69 Å². The molecule has 1 aromatic carbocycles. The maximum atomic E-state index is 12.6. The Bertz CT molecular complexity index is 715. The number of piperazine rings is 1. The van der Waals surface area contributed by atoms with Crippen molar-refractivity contribution in [1.82, 2.24) is 14.5 Å². The standard InChI is InChI=1S/C16H26N4O4S/c1-12(20-9-7-17-8-10-20)16(21)18-14-11-13(5-6-15(14)24-4)25(22,23)19(2)3/h5-6,11-12,17H,7-10H2,1-4H3,(H,18,21). The molecule has 1 aliphatic heterocycles. The molecule has 2 N–H and O–H groups in total. The highest BCUT2D eigenvalue weighted by Crippen LogP contribution is 2.28. The number of ether oxygens (including phenoxy) is 1. The Hall–Kier alpha value is -1.68. The maximum absolute atomic E-state index is 12.6. The van der Waals surface area contributed by atoms with E-state index in [0.29, 0.717) is 11.4 Å². The largest absolute Gasteiger partial charge is 0.495 e. The molecule has 1 aromatic rings. The van der Waals surface area contributed by atoms with Crippen molar-refractivity contribution in [3.63, 3.8) is 0 Å². The molecule has 25 heavy (non-hydrogen) atoms. The van der Waals surface area contributed by atoms with Crippen molar-refractivity contribution in [3.05, 3.63) is 18.2 Å². The third-order valence-corrected chi connectivity index (χ3v) is 6.10. The zero-order valence-electron chi connectivity index (χ0n) is 15.1. The van der Waals surface area contributed by atoms with Crippen LogP contribution in [0.15, 0.2) is 23.1 Å². The monoisotopic (exact) mass is 370 g/mol. The highest BCUT2D eigenvalue weighted by molar-refractivity contribution is 7.89. The van der Waals surface area contributed by atoms with E-state index < -0.39 is 10.0 Å². The predicted octanol–water partition coefficient (Wildman–Crippen LogP) is 0.178. The number of rotatable bonds is 6. The molecule has 1 amide bonds. The molecule has 1 heterocycles. The van der Waals surface area contributed by atoms with Crippen molar-refractivity contribution in [1.29, 1.82) is 0 Å². The number of hydrogen-bond acceptors (Lipinski definition) is 6. The van der Waals surface area contributed by atoms with Gasteiger partial charge in [0, 0.05) is 40.3 Å². The van der Waals surface area contributed by atoms with Crippen LogP contribution in [0.2, 0.25) is 0 Å². The van der Waals surface area contributed by atoms with E-state index in [-0.39, 0.29) is 16.8 Å². The molecule has 2 rings (SSSR count).